The molecule has 88 valence electrons. The van der Waals surface area contributed by atoms with Gasteiger partial charge in [-0.15, -0.1) is 0 Å². The number of aliphatic hydroxyl groups excluding tert-OH is 1. The summed E-state index contributed by atoms with van der Waals surface area (Å²) in [5, 5.41) is 9.30. The molecule has 0 aromatic rings. The Hall–Kier alpha value is -0.130. The summed E-state index contributed by atoms with van der Waals surface area (Å²) in [4.78, 5) is 0. The summed E-state index contributed by atoms with van der Waals surface area (Å²) in [6.07, 6.45) is 5.62. The van der Waals surface area contributed by atoms with E-state index in [1.165, 1.54) is 0 Å². The van der Waals surface area contributed by atoms with E-state index >= 15 is 0 Å². The maximum absolute atomic E-state index is 11.8. The molecule has 0 aliphatic heterocycles. The van der Waals surface area contributed by atoms with E-state index in [9.17, 15) is 13.5 Å². The first-order valence-electron chi connectivity index (χ1n) is 5.68. The van der Waals surface area contributed by atoms with E-state index in [1.54, 1.807) is 0 Å². The van der Waals surface area contributed by atoms with Crippen molar-refractivity contribution in [3.63, 3.8) is 0 Å². The lowest BCUT2D eigenvalue weighted by Crippen LogP contribution is -2.50. The Morgan fingerprint density at radius 1 is 1.27 bits per heavy atom. The average Bonchev–Trinajstić information content (AvgIpc) is 2.82. The van der Waals surface area contributed by atoms with Gasteiger partial charge in [0.1, 0.15) is 0 Å². The van der Waals surface area contributed by atoms with Crippen molar-refractivity contribution < 1.29 is 13.5 Å². The molecular weight excluding hydrogens is 214 g/mol. The van der Waals surface area contributed by atoms with Crippen molar-refractivity contribution in [2.45, 2.75) is 44.1 Å². The van der Waals surface area contributed by atoms with Crippen molar-refractivity contribution >= 4 is 10.0 Å². The molecule has 0 aromatic heterocycles. The van der Waals surface area contributed by atoms with Crippen molar-refractivity contribution in [1.29, 1.82) is 0 Å². The summed E-state index contributed by atoms with van der Waals surface area (Å²) in [6.45, 7) is -0.0725. The summed E-state index contributed by atoms with van der Waals surface area (Å²) in [7, 11) is -3.18. The van der Waals surface area contributed by atoms with Crippen LogP contribution in [0.1, 0.15) is 38.5 Å². The van der Waals surface area contributed by atoms with Crippen molar-refractivity contribution in [3.8, 4) is 0 Å². The van der Waals surface area contributed by atoms with Crippen LogP contribution in [-0.2, 0) is 10.0 Å². The molecule has 0 aromatic carbocycles. The van der Waals surface area contributed by atoms with Gasteiger partial charge < -0.3 is 5.11 Å². The highest BCUT2D eigenvalue weighted by Crippen LogP contribution is 2.33. The second-order valence-corrected chi connectivity index (χ2v) is 6.74. The standard InChI is InChI=1S/C10H19NO3S/c12-8-10(5-1-2-6-10)11-15(13,14)7-9-3-4-9/h9,11-12H,1-8H2. The Morgan fingerprint density at radius 2 is 1.87 bits per heavy atom. The fraction of sp³-hybridized carbons (Fsp3) is 1.00. The zero-order chi connectivity index (χ0) is 10.9. The smallest absolute Gasteiger partial charge is 0.212 e. The van der Waals surface area contributed by atoms with Gasteiger partial charge in [-0.25, -0.2) is 13.1 Å². The predicted octanol–water partition coefficient (Wildman–Crippen LogP) is 0.621. The van der Waals surface area contributed by atoms with Crippen LogP contribution in [0, 0.1) is 5.92 Å². The summed E-state index contributed by atoms with van der Waals surface area (Å²) in [6, 6.07) is 0. The van der Waals surface area contributed by atoms with Crippen molar-refractivity contribution in [1.82, 2.24) is 4.72 Å². The molecule has 2 fully saturated rings. The molecule has 0 bridgehead atoms. The first kappa shape index (κ1) is 11.4. The Labute approximate surface area is 91.1 Å². The van der Waals surface area contributed by atoms with Gasteiger partial charge in [0, 0.05) is 0 Å². The minimum Gasteiger partial charge on any atom is -0.394 e. The molecule has 0 unspecified atom stereocenters. The molecule has 2 N–H and O–H groups in total. The number of nitrogens with one attached hydrogen (secondary N) is 1. The number of hydrogen-bond acceptors (Lipinski definition) is 3. The third-order valence-electron chi connectivity index (χ3n) is 3.39. The lowest BCUT2D eigenvalue weighted by molar-refractivity contribution is 0.185. The maximum Gasteiger partial charge on any atom is 0.212 e. The van der Waals surface area contributed by atoms with Crippen LogP contribution in [0.2, 0.25) is 0 Å². The number of sulfonamides is 1. The summed E-state index contributed by atoms with van der Waals surface area (Å²) >= 11 is 0. The zero-order valence-electron chi connectivity index (χ0n) is 8.91. The summed E-state index contributed by atoms with van der Waals surface area (Å²) in [5.41, 5.74) is -0.548. The first-order chi connectivity index (χ1) is 7.05. The molecule has 0 heterocycles. The van der Waals surface area contributed by atoms with E-state index in [4.69, 9.17) is 0 Å². The molecule has 2 aliphatic rings. The normalized spacial score (nSPS) is 25.7. The van der Waals surface area contributed by atoms with Crippen LogP contribution in [-0.4, -0.2) is 31.4 Å². The highest BCUT2D eigenvalue weighted by molar-refractivity contribution is 7.89. The van der Waals surface area contributed by atoms with Gasteiger partial charge in [0.25, 0.3) is 0 Å². The van der Waals surface area contributed by atoms with Crippen LogP contribution in [0.15, 0.2) is 0 Å². The third-order valence-corrected chi connectivity index (χ3v) is 5.04. The van der Waals surface area contributed by atoms with E-state index in [0.717, 1.165) is 38.5 Å². The van der Waals surface area contributed by atoms with Crippen LogP contribution in [0.25, 0.3) is 0 Å². The SMILES string of the molecule is O=S(=O)(CC1CC1)NC1(CO)CCCC1. The number of rotatable bonds is 5. The molecule has 0 radical (unpaired) electrons. The molecule has 0 amide bonds. The average molecular weight is 233 g/mol. The van der Waals surface area contributed by atoms with Gasteiger partial charge >= 0.3 is 0 Å². The van der Waals surface area contributed by atoms with Crippen LogP contribution in [0.3, 0.4) is 0 Å². The number of aliphatic hydroxyl groups is 1. The van der Waals surface area contributed by atoms with Gasteiger partial charge in [-0.05, 0) is 31.6 Å². The van der Waals surface area contributed by atoms with E-state index in [1.807, 2.05) is 0 Å². The van der Waals surface area contributed by atoms with Crippen LogP contribution in [0.5, 0.6) is 0 Å². The van der Waals surface area contributed by atoms with Gasteiger partial charge in [0.2, 0.25) is 10.0 Å². The van der Waals surface area contributed by atoms with E-state index in [0.29, 0.717) is 5.92 Å². The minimum absolute atomic E-state index is 0.0725. The van der Waals surface area contributed by atoms with Gasteiger partial charge in [-0.1, -0.05) is 12.8 Å². The van der Waals surface area contributed by atoms with Gasteiger partial charge in [0.05, 0.1) is 17.9 Å². The molecule has 15 heavy (non-hydrogen) atoms. The van der Waals surface area contributed by atoms with Crippen LogP contribution in [0.4, 0.5) is 0 Å². The quantitative estimate of drug-likeness (QED) is 0.731. The Balaban J connectivity index is 1.98. The highest BCUT2D eigenvalue weighted by atomic mass is 32.2. The molecule has 2 rings (SSSR count). The lowest BCUT2D eigenvalue weighted by Gasteiger charge is -2.27. The predicted molar refractivity (Wildman–Crippen MR) is 57.9 cm³/mol. The topological polar surface area (TPSA) is 66.4 Å². The fourth-order valence-electron chi connectivity index (χ4n) is 2.31. The molecule has 2 saturated carbocycles. The fourth-order valence-corrected chi connectivity index (χ4v) is 4.28. The van der Waals surface area contributed by atoms with Gasteiger partial charge in [-0.3, -0.25) is 0 Å². The molecule has 0 saturated heterocycles. The van der Waals surface area contributed by atoms with E-state index < -0.39 is 15.6 Å². The molecule has 0 atom stereocenters. The lowest BCUT2D eigenvalue weighted by atomic mass is 10.0. The van der Waals surface area contributed by atoms with Gasteiger partial charge in [0.15, 0.2) is 0 Å². The van der Waals surface area contributed by atoms with E-state index in [2.05, 4.69) is 4.72 Å². The Bertz CT molecular complexity index is 316. The van der Waals surface area contributed by atoms with Crippen LogP contribution < -0.4 is 4.72 Å². The Kier molecular flexibility index (Phi) is 3.05. The first-order valence-corrected chi connectivity index (χ1v) is 7.33. The van der Waals surface area contributed by atoms with Crippen molar-refractivity contribution in [3.05, 3.63) is 0 Å². The molecule has 4 nitrogen and oxygen atoms in total. The maximum atomic E-state index is 11.8. The highest BCUT2D eigenvalue weighted by Gasteiger charge is 2.38. The number of hydrogen-bond donors (Lipinski definition) is 2. The second-order valence-electron chi connectivity index (χ2n) is 4.97. The van der Waals surface area contributed by atoms with Crippen molar-refractivity contribution in [2.75, 3.05) is 12.4 Å². The summed E-state index contributed by atoms with van der Waals surface area (Å²) in [5.74, 6) is 0.606. The third kappa shape index (κ3) is 2.92. The zero-order valence-corrected chi connectivity index (χ0v) is 9.72. The minimum atomic E-state index is -3.18. The van der Waals surface area contributed by atoms with Gasteiger partial charge in [-0.2, -0.15) is 0 Å². The largest absolute Gasteiger partial charge is 0.394 e. The molecule has 5 heteroatoms. The van der Waals surface area contributed by atoms with Crippen molar-refractivity contribution in [2.24, 2.45) is 5.92 Å². The second kappa shape index (κ2) is 4.03. The Morgan fingerprint density at radius 3 is 2.33 bits per heavy atom. The molecule has 2 aliphatic carbocycles. The van der Waals surface area contributed by atoms with Crippen LogP contribution >= 0.6 is 0 Å². The molecular formula is C10H19NO3S. The molecule has 0 spiro atoms. The summed E-state index contributed by atoms with van der Waals surface area (Å²) < 4.78 is 26.3. The monoisotopic (exact) mass is 233 g/mol. The van der Waals surface area contributed by atoms with E-state index in [-0.39, 0.29) is 12.4 Å².